The number of rotatable bonds is 6. The summed E-state index contributed by atoms with van der Waals surface area (Å²) in [5.74, 6) is 0.0369. The van der Waals surface area contributed by atoms with Crippen LogP contribution in [0.3, 0.4) is 0 Å². The van der Waals surface area contributed by atoms with Crippen molar-refractivity contribution in [2.24, 2.45) is 0 Å². The average Bonchev–Trinajstić information content (AvgIpc) is 2.28. The first-order chi connectivity index (χ1) is 8.77. The summed E-state index contributed by atoms with van der Waals surface area (Å²) in [5, 5.41) is 9.68. The molecule has 4 nitrogen and oxygen atoms in total. The molecule has 0 saturated heterocycles. The minimum Gasteiger partial charge on any atom is -0.393 e. The van der Waals surface area contributed by atoms with Crippen LogP contribution in [0.5, 0.6) is 0 Å². The largest absolute Gasteiger partial charge is 0.393 e. The Balaban J connectivity index is 2.99. The van der Waals surface area contributed by atoms with Gasteiger partial charge in [0.2, 0.25) is 10.0 Å². The molecule has 5 heteroatoms. The van der Waals surface area contributed by atoms with Crippen LogP contribution >= 0.6 is 0 Å². The summed E-state index contributed by atoms with van der Waals surface area (Å²) < 4.78 is 26.5. The fourth-order valence-corrected chi connectivity index (χ4v) is 3.38. The first-order valence-electron chi connectivity index (χ1n) is 6.58. The summed E-state index contributed by atoms with van der Waals surface area (Å²) >= 11 is 0. The Hall–Kier alpha value is -0.910. The Bertz CT molecular complexity index is 492. The van der Waals surface area contributed by atoms with Crippen molar-refractivity contribution >= 4 is 10.0 Å². The van der Waals surface area contributed by atoms with Crippen LogP contribution in [0.15, 0.2) is 29.2 Å². The molecule has 0 bridgehead atoms. The molecule has 0 amide bonds. The second-order valence-electron chi connectivity index (χ2n) is 5.10. The molecule has 0 saturated carbocycles. The summed E-state index contributed by atoms with van der Waals surface area (Å²) in [6, 6.07) is 6.59. The first-order valence-corrected chi connectivity index (χ1v) is 8.06. The van der Waals surface area contributed by atoms with Gasteiger partial charge in [-0.1, -0.05) is 19.1 Å². The van der Waals surface area contributed by atoms with Crippen molar-refractivity contribution in [3.8, 4) is 0 Å². The monoisotopic (exact) mass is 285 g/mol. The van der Waals surface area contributed by atoms with Gasteiger partial charge in [0.15, 0.2) is 0 Å². The third-order valence-electron chi connectivity index (χ3n) is 3.03. The Morgan fingerprint density at radius 3 is 2.05 bits per heavy atom. The number of benzene rings is 1. The number of hydrogen-bond donors (Lipinski definition) is 2. The zero-order chi connectivity index (χ0) is 14.6. The van der Waals surface area contributed by atoms with E-state index in [1.165, 1.54) is 0 Å². The van der Waals surface area contributed by atoms with Crippen LogP contribution in [-0.4, -0.2) is 25.7 Å². The SMILES string of the molecule is CCC(c1ccc(S(=O)(=O)NC(C)C)cc1)C(C)O. The molecular weight excluding hydrogens is 262 g/mol. The molecule has 19 heavy (non-hydrogen) atoms. The van der Waals surface area contributed by atoms with Crippen LogP contribution < -0.4 is 4.72 Å². The van der Waals surface area contributed by atoms with Crippen LogP contribution in [0.25, 0.3) is 0 Å². The highest BCUT2D eigenvalue weighted by Gasteiger charge is 2.18. The van der Waals surface area contributed by atoms with Gasteiger partial charge in [-0.2, -0.15) is 0 Å². The van der Waals surface area contributed by atoms with Crippen LogP contribution in [0, 0.1) is 0 Å². The molecule has 2 unspecified atom stereocenters. The van der Waals surface area contributed by atoms with Crippen molar-refractivity contribution in [3.63, 3.8) is 0 Å². The number of hydrogen-bond acceptors (Lipinski definition) is 3. The van der Waals surface area contributed by atoms with E-state index in [1.54, 1.807) is 45.0 Å². The molecule has 0 radical (unpaired) electrons. The molecule has 2 atom stereocenters. The topological polar surface area (TPSA) is 66.4 Å². The van der Waals surface area contributed by atoms with E-state index in [0.717, 1.165) is 12.0 Å². The number of aliphatic hydroxyl groups is 1. The summed E-state index contributed by atoms with van der Waals surface area (Å²) in [5.41, 5.74) is 0.959. The number of nitrogens with one attached hydrogen (secondary N) is 1. The fraction of sp³-hybridized carbons (Fsp3) is 0.571. The van der Waals surface area contributed by atoms with Crippen LogP contribution in [-0.2, 0) is 10.0 Å². The lowest BCUT2D eigenvalue weighted by Crippen LogP contribution is -2.30. The average molecular weight is 285 g/mol. The van der Waals surface area contributed by atoms with Crippen molar-refractivity contribution in [1.82, 2.24) is 4.72 Å². The fourth-order valence-electron chi connectivity index (χ4n) is 2.13. The smallest absolute Gasteiger partial charge is 0.240 e. The highest BCUT2D eigenvalue weighted by atomic mass is 32.2. The van der Waals surface area contributed by atoms with Gasteiger partial charge >= 0.3 is 0 Å². The Morgan fingerprint density at radius 1 is 1.16 bits per heavy atom. The van der Waals surface area contributed by atoms with Gasteiger partial charge < -0.3 is 5.11 Å². The molecule has 0 heterocycles. The quantitative estimate of drug-likeness (QED) is 0.842. The van der Waals surface area contributed by atoms with Crippen LogP contribution in [0.4, 0.5) is 0 Å². The van der Waals surface area contributed by atoms with E-state index in [4.69, 9.17) is 0 Å². The van der Waals surface area contributed by atoms with Crippen LogP contribution in [0.2, 0.25) is 0 Å². The molecule has 1 aromatic carbocycles. The maximum absolute atomic E-state index is 12.0. The lowest BCUT2D eigenvalue weighted by Gasteiger charge is -2.19. The van der Waals surface area contributed by atoms with Gasteiger partial charge in [0.1, 0.15) is 0 Å². The lowest BCUT2D eigenvalue weighted by atomic mass is 9.92. The molecule has 1 rings (SSSR count). The standard InChI is InChI=1S/C14H23NO3S/c1-5-14(11(4)16)12-6-8-13(9-7-12)19(17,18)15-10(2)3/h6-11,14-16H,5H2,1-4H3. The third-order valence-corrected chi connectivity index (χ3v) is 4.71. The van der Waals surface area contributed by atoms with Gasteiger partial charge in [-0.15, -0.1) is 0 Å². The third kappa shape index (κ3) is 4.30. The second kappa shape index (κ2) is 6.50. The van der Waals surface area contributed by atoms with E-state index in [1.807, 2.05) is 6.92 Å². The van der Waals surface area contributed by atoms with Gasteiger partial charge in [-0.25, -0.2) is 13.1 Å². The van der Waals surface area contributed by atoms with Crippen LogP contribution in [0.1, 0.15) is 45.6 Å². The zero-order valence-corrected chi connectivity index (χ0v) is 12.7. The number of sulfonamides is 1. The molecule has 0 aromatic heterocycles. The van der Waals surface area contributed by atoms with Gasteiger partial charge in [0.05, 0.1) is 11.0 Å². The minimum atomic E-state index is -3.44. The molecule has 0 aliphatic rings. The van der Waals surface area contributed by atoms with E-state index in [0.29, 0.717) is 0 Å². The van der Waals surface area contributed by atoms with E-state index in [9.17, 15) is 13.5 Å². The molecule has 0 aliphatic heterocycles. The van der Waals surface area contributed by atoms with Gasteiger partial charge in [-0.05, 0) is 44.9 Å². The predicted octanol–water partition coefficient (Wildman–Crippen LogP) is 2.25. The molecule has 0 fully saturated rings. The predicted molar refractivity (Wildman–Crippen MR) is 76.6 cm³/mol. The maximum atomic E-state index is 12.0. The normalized spacial score (nSPS) is 15.5. The maximum Gasteiger partial charge on any atom is 0.240 e. The molecule has 1 aromatic rings. The van der Waals surface area contributed by atoms with E-state index >= 15 is 0 Å². The van der Waals surface area contributed by atoms with Gasteiger partial charge in [0, 0.05) is 12.0 Å². The molecule has 0 spiro atoms. The van der Waals surface area contributed by atoms with Gasteiger partial charge in [-0.3, -0.25) is 0 Å². The minimum absolute atomic E-state index is 0.0369. The summed E-state index contributed by atoms with van der Waals surface area (Å²) in [6.45, 7) is 7.32. The summed E-state index contributed by atoms with van der Waals surface area (Å²) in [7, 11) is -3.44. The van der Waals surface area contributed by atoms with Crippen molar-refractivity contribution < 1.29 is 13.5 Å². The Labute approximate surface area is 115 Å². The van der Waals surface area contributed by atoms with Crippen molar-refractivity contribution in [3.05, 3.63) is 29.8 Å². The second-order valence-corrected chi connectivity index (χ2v) is 6.81. The lowest BCUT2D eigenvalue weighted by molar-refractivity contribution is 0.160. The van der Waals surface area contributed by atoms with Crippen molar-refractivity contribution in [2.75, 3.05) is 0 Å². The zero-order valence-electron chi connectivity index (χ0n) is 11.9. The van der Waals surface area contributed by atoms with Crippen molar-refractivity contribution in [2.45, 2.75) is 57.1 Å². The summed E-state index contributed by atoms with van der Waals surface area (Å²) in [4.78, 5) is 0.255. The first kappa shape index (κ1) is 16.1. The molecule has 0 aliphatic carbocycles. The molecular formula is C14H23NO3S. The van der Waals surface area contributed by atoms with E-state index < -0.39 is 16.1 Å². The summed E-state index contributed by atoms with van der Waals surface area (Å²) in [6.07, 6.45) is 0.370. The number of aliphatic hydroxyl groups excluding tert-OH is 1. The van der Waals surface area contributed by atoms with Crippen molar-refractivity contribution in [1.29, 1.82) is 0 Å². The Kier molecular flexibility index (Phi) is 5.52. The molecule has 2 N–H and O–H groups in total. The highest BCUT2D eigenvalue weighted by Crippen LogP contribution is 2.24. The van der Waals surface area contributed by atoms with Gasteiger partial charge in [0.25, 0.3) is 0 Å². The van der Waals surface area contributed by atoms with E-state index in [2.05, 4.69) is 4.72 Å². The Morgan fingerprint density at radius 2 is 1.68 bits per heavy atom. The molecule has 108 valence electrons. The van der Waals surface area contributed by atoms with E-state index in [-0.39, 0.29) is 16.9 Å². The highest BCUT2D eigenvalue weighted by molar-refractivity contribution is 7.89.